The second-order valence-electron chi connectivity index (χ2n) is 4.53. The van der Waals surface area contributed by atoms with Crippen molar-refractivity contribution < 1.29 is 4.39 Å². The van der Waals surface area contributed by atoms with E-state index >= 15 is 0 Å². The molecule has 0 atom stereocenters. The third kappa shape index (κ3) is 4.30. The molecule has 0 amide bonds. The fraction of sp³-hybridized carbons (Fsp3) is 0.615. The zero-order valence-corrected chi connectivity index (χ0v) is 10.2. The first kappa shape index (κ1) is 12.3. The molecule has 0 spiro atoms. The zero-order valence-electron chi connectivity index (χ0n) is 10.2. The van der Waals surface area contributed by atoms with Gasteiger partial charge in [-0.2, -0.15) is 4.39 Å². The van der Waals surface area contributed by atoms with E-state index in [1.807, 2.05) is 0 Å². The van der Waals surface area contributed by atoms with Crippen LogP contribution in [0, 0.1) is 5.95 Å². The number of hydrogen-bond acceptors (Lipinski definition) is 3. The fourth-order valence-electron chi connectivity index (χ4n) is 2.21. The van der Waals surface area contributed by atoms with Crippen molar-refractivity contribution in [2.24, 2.45) is 0 Å². The van der Waals surface area contributed by atoms with Crippen molar-refractivity contribution in [2.45, 2.75) is 25.7 Å². The minimum Gasteiger partial charge on any atom is -0.369 e. The highest BCUT2D eigenvalue weighted by Gasteiger charge is 2.08. The molecule has 1 saturated heterocycles. The number of nitrogens with one attached hydrogen (secondary N) is 1. The summed E-state index contributed by atoms with van der Waals surface area (Å²) >= 11 is 0. The number of pyridine rings is 1. The lowest BCUT2D eigenvalue weighted by Crippen LogP contribution is -2.30. The van der Waals surface area contributed by atoms with Crippen LogP contribution >= 0.6 is 0 Å². The van der Waals surface area contributed by atoms with E-state index in [1.165, 1.54) is 44.8 Å². The lowest BCUT2D eigenvalue weighted by Gasteiger charge is -2.19. The van der Waals surface area contributed by atoms with Crippen LogP contribution in [0.5, 0.6) is 0 Å². The summed E-state index contributed by atoms with van der Waals surface area (Å²) in [7, 11) is 0. The van der Waals surface area contributed by atoms with Gasteiger partial charge in [-0.1, -0.05) is 18.9 Å². The number of anilines is 1. The van der Waals surface area contributed by atoms with Crippen molar-refractivity contribution >= 4 is 5.82 Å². The normalized spacial score (nSPS) is 17.7. The number of nitrogens with zero attached hydrogens (tertiary/aromatic N) is 2. The van der Waals surface area contributed by atoms with E-state index < -0.39 is 5.95 Å². The van der Waals surface area contributed by atoms with Gasteiger partial charge in [-0.3, -0.25) is 0 Å². The van der Waals surface area contributed by atoms with Crippen LogP contribution in [0.25, 0.3) is 0 Å². The summed E-state index contributed by atoms with van der Waals surface area (Å²) in [6.07, 6.45) is 5.32. The van der Waals surface area contributed by atoms with Crippen LogP contribution < -0.4 is 5.32 Å². The van der Waals surface area contributed by atoms with Gasteiger partial charge in [0.2, 0.25) is 5.95 Å². The van der Waals surface area contributed by atoms with Crippen LogP contribution in [-0.2, 0) is 0 Å². The molecule has 1 fully saturated rings. The molecule has 0 bridgehead atoms. The summed E-state index contributed by atoms with van der Waals surface area (Å²) in [6.45, 7) is 4.23. The molecule has 4 heteroatoms. The smallest absolute Gasteiger partial charge is 0.214 e. The number of likely N-dealkylation sites (tertiary alicyclic amines) is 1. The third-order valence-electron chi connectivity index (χ3n) is 3.15. The molecule has 1 aromatic rings. The minimum absolute atomic E-state index is 0.426. The molecule has 0 unspecified atom stereocenters. The Hall–Kier alpha value is -1.16. The van der Waals surface area contributed by atoms with Crippen molar-refractivity contribution in [3.63, 3.8) is 0 Å². The van der Waals surface area contributed by atoms with E-state index in [0.29, 0.717) is 5.82 Å². The summed E-state index contributed by atoms with van der Waals surface area (Å²) in [5.41, 5.74) is 0. The summed E-state index contributed by atoms with van der Waals surface area (Å²) < 4.78 is 12.8. The highest BCUT2D eigenvalue weighted by molar-refractivity contribution is 5.33. The van der Waals surface area contributed by atoms with Gasteiger partial charge in [0.1, 0.15) is 5.82 Å². The molecule has 1 N–H and O–H groups in total. The van der Waals surface area contributed by atoms with Crippen LogP contribution in [0.2, 0.25) is 0 Å². The molecular weight excluding hydrogens is 217 g/mol. The van der Waals surface area contributed by atoms with Gasteiger partial charge < -0.3 is 10.2 Å². The number of halogens is 1. The average molecular weight is 237 g/mol. The molecule has 0 aliphatic carbocycles. The van der Waals surface area contributed by atoms with Gasteiger partial charge in [0, 0.05) is 13.1 Å². The molecule has 2 rings (SSSR count). The molecule has 1 aliphatic heterocycles. The first-order valence-corrected chi connectivity index (χ1v) is 6.43. The SMILES string of the molecule is Fc1cccc(NCCN2CCCCCC2)n1. The molecule has 0 aromatic carbocycles. The monoisotopic (exact) mass is 237 g/mol. The fourth-order valence-corrected chi connectivity index (χ4v) is 2.21. The number of rotatable bonds is 4. The molecule has 2 heterocycles. The predicted molar refractivity (Wildman–Crippen MR) is 67.6 cm³/mol. The summed E-state index contributed by atoms with van der Waals surface area (Å²) in [5, 5.41) is 3.16. The first-order chi connectivity index (χ1) is 8.34. The van der Waals surface area contributed by atoms with Gasteiger partial charge in [-0.05, 0) is 38.1 Å². The quantitative estimate of drug-likeness (QED) is 0.816. The van der Waals surface area contributed by atoms with Gasteiger partial charge in [0.25, 0.3) is 0 Å². The molecular formula is C13H20FN3. The number of aromatic nitrogens is 1. The van der Waals surface area contributed by atoms with Crippen molar-refractivity contribution in [2.75, 3.05) is 31.5 Å². The summed E-state index contributed by atoms with van der Waals surface area (Å²) in [4.78, 5) is 6.25. The molecule has 1 aromatic heterocycles. The molecule has 94 valence electrons. The Bertz CT molecular complexity index is 335. The van der Waals surface area contributed by atoms with E-state index in [-0.39, 0.29) is 0 Å². The second-order valence-corrected chi connectivity index (χ2v) is 4.53. The van der Waals surface area contributed by atoms with E-state index in [4.69, 9.17) is 0 Å². The van der Waals surface area contributed by atoms with Gasteiger partial charge in [-0.15, -0.1) is 0 Å². The topological polar surface area (TPSA) is 28.2 Å². The standard InChI is InChI=1S/C13H20FN3/c14-12-6-5-7-13(16-12)15-8-11-17-9-3-1-2-4-10-17/h5-7H,1-4,8-11H2,(H,15,16). The Morgan fingerprint density at radius 2 is 1.94 bits per heavy atom. The van der Waals surface area contributed by atoms with Crippen molar-refractivity contribution in [1.82, 2.24) is 9.88 Å². The minimum atomic E-state index is -0.426. The Morgan fingerprint density at radius 3 is 2.65 bits per heavy atom. The lowest BCUT2D eigenvalue weighted by atomic mass is 10.2. The highest BCUT2D eigenvalue weighted by Crippen LogP contribution is 2.09. The van der Waals surface area contributed by atoms with Crippen LogP contribution in [0.1, 0.15) is 25.7 Å². The predicted octanol–water partition coefficient (Wildman–Crippen LogP) is 2.51. The van der Waals surface area contributed by atoms with Crippen molar-refractivity contribution in [1.29, 1.82) is 0 Å². The lowest BCUT2D eigenvalue weighted by molar-refractivity contribution is 0.296. The molecule has 17 heavy (non-hydrogen) atoms. The molecule has 1 aliphatic rings. The average Bonchev–Trinajstić information content (AvgIpc) is 2.58. The van der Waals surface area contributed by atoms with Crippen molar-refractivity contribution in [3.8, 4) is 0 Å². The maximum atomic E-state index is 12.8. The van der Waals surface area contributed by atoms with E-state index in [1.54, 1.807) is 12.1 Å². The van der Waals surface area contributed by atoms with Gasteiger partial charge >= 0.3 is 0 Å². The van der Waals surface area contributed by atoms with Crippen LogP contribution in [0.15, 0.2) is 18.2 Å². The Morgan fingerprint density at radius 1 is 1.18 bits per heavy atom. The Kier molecular flexibility index (Phi) is 4.74. The zero-order chi connectivity index (χ0) is 11.9. The highest BCUT2D eigenvalue weighted by atomic mass is 19.1. The van der Waals surface area contributed by atoms with Crippen LogP contribution in [-0.4, -0.2) is 36.1 Å². The Balaban J connectivity index is 1.71. The molecule has 0 saturated carbocycles. The first-order valence-electron chi connectivity index (χ1n) is 6.43. The second kappa shape index (κ2) is 6.55. The summed E-state index contributed by atoms with van der Waals surface area (Å²) in [5.74, 6) is 0.199. The van der Waals surface area contributed by atoms with Gasteiger partial charge in [-0.25, -0.2) is 4.98 Å². The molecule has 0 radical (unpaired) electrons. The molecule has 3 nitrogen and oxygen atoms in total. The Labute approximate surface area is 102 Å². The summed E-state index contributed by atoms with van der Waals surface area (Å²) in [6, 6.07) is 4.84. The largest absolute Gasteiger partial charge is 0.369 e. The van der Waals surface area contributed by atoms with E-state index in [9.17, 15) is 4.39 Å². The van der Waals surface area contributed by atoms with Crippen LogP contribution in [0.3, 0.4) is 0 Å². The van der Waals surface area contributed by atoms with Gasteiger partial charge in [0.15, 0.2) is 0 Å². The maximum absolute atomic E-state index is 12.8. The third-order valence-corrected chi connectivity index (χ3v) is 3.15. The maximum Gasteiger partial charge on any atom is 0.214 e. The van der Waals surface area contributed by atoms with Gasteiger partial charge in [0.05, 0.1) is 0 Å². The van der Waals surface area contributed by atoms with Crippen LogP contribution in [0.4, 0.5) is 10.2 Å². The van der Waals surface area contributed by atoms with E-state index in [0.717, 1.165) is 13.1 Å². The number of hydrogen-bond donors (Lipinski definition) is 1. The van der Waals surface area contributed by atoms with E-state index in [2.05, 4.69) is 15.2 Å². The van der Waals surface area contributed by atoms with Crippen molar-refractivity contribution in [3.05, 3.63) is 24.1 Å².